The largest absolute Gasteiger partial charge is 0.493 e. The van der Waals surface area contributed by atoms with Crippen molar-refractivity contribution in [3.05, 3.63) is 47.2 Å². The molecule has 0 atom stereocenters. The summed E-state index contributed by atoms with van der Waals surface area (Å²) in [7, 11) is 2.18. The zero-order valence-corrected chi connectivity index (χ0v) is 16.8. The first kappa shape index (κ1) is 19.2. The number of imidazole rings is 1. The summed E-state index contributed by atoms with van der Waals surface area (Å²) in [4.78, 5) is 9.96. The van der Waals surface area contributed by atoms with Crippen LogP contribution in [0.3, 0.4) is 0 Å². The molecule has 28 heavy (non-hydrogen) atoms. The average molecular weight is 402 g/mol. The Morgan fingerprint density at radius 1 is 1.21 bits per heavy atom. The predicted molar refractivity (Wildman–Crippen MR) is 111 cm³/mol. The SMILES string of the molecule is CN1CCC(CCCOc2ccc(-c3nc4ccc(Cl)cc4[nH]3)c(F)c2)CC1. The van der Waals surface area contributed by atoms with Crippen LogP contribution in [-0.4, -0.2) is 41.6 Å². The van der Waals surface area contributed by atoms with Crippen molar-refractivity contribution < 1.29 is 9.13 Å². The maximum atomic E-state index is 14.6. The number of nitrogens with one attached hydrogen (secondary N) is 1. The Morgan fingerprint density at radius 2 is 2.04 bits per heavy atom. The third-order valence-corrected chi connectivity index (χ3v) is 5.74. The molecule has 6 heteroatoms. The summed E-state index contributed by atoms with van der Waals surface area (Å²) in [5, 5.41) is 0.618. The van der Waals surface area contributed by atoms with Crippen LogP contribution < -0.4 is 4.74 Å². The van der Waals surface area contributed by atoms with Crippen molar-refractivity contribution in [1.29, 1.82) is 0 Å². The van der Waals surface area contributed by atoms with Gasteiger partial charge in [-0.05, 0) is 82.1 Å². The standard InChI is InChI=1S/C22H25ClFN3O/c1-27-10-8-15(9-11-27)3-2-12-28-17-5-6-18(19(24)14-17)22-25-20-7-4-16(23)13-21(20)26-22/h4-7,13-15H,2-3,8-12H2,1H3,(H,25,26). The van der Waals surface area contributed by atoms with E-state index in [2.05, 4.69) is 21.9 Å². The molecule has 2 heterocycles. The number of nitrogens with zero attached hydrogens (tertiary/aromatic N) is 2. The molecule has 1 saturated heterocycles. The predicted octanol–water partition coefficient (Wildman–Crippen LogP) is 5.52. The molecule has 0 radical (unpaired) electrons. The van der Waals surface area contributed by atoms with Gasteiger partial charge < -0.3 is 14.6 Å². The maximum absolute atomic E-state index is 14.6. The lowest BCUT2D eigenvalue weighted by molar-refractivity contribution is 0.200. The third kappa shape index (κ3) is 4.47. The molecular weight excluding hydrogens is 377 g/mol. The fourth-order valence-corrected chi connectivity index (χ4v) is 3.97. The molecule has 0 aliphatic carbocycles. The number of rotatable bonds is 6. The lowest BCUT2D eigenvalue weighted by Crippen LogP contribution is -2.30. The van der Waals surface area contributed by atoms with E-state index < -0.39 is 0 Å². The minimum atomic E-state index is -0.349. The van der Waals surface area contributed by atoms with Crippen LogP contribution in [0.1, 0.15) is 25.7 Å². The summed E-state index contributed by atoms with van der Waals surface area (Å²) in [6.07, 6.45) is 4.71. The van der Waals surface area contributed by atoms with E-state index in [1.807, 2.05) is 6.07 Å². The fraction of sp³-hybridized carbons (Fsp3) is 0.409. The summed E-state index contributed by atoms with van der Waals surface area (Å²) in [6.45, 7) is 2.99. The molecule has 4 rings (SSSR count). The van der Waals surface area contributed by atoms with Gasteiger partial charge in [0, 0.05) is 11.1 Å². The van der Waals surface area contributed by atoms with Crippen molar-refractivity contribution in [1.82, 2.24) is 14.9 Å². The Kier molecular flexibility index (Phi) is 5.83. The van der Waals surface area contributed by atoms with E-state index in [1.165, 1.54) is 38.4 Å². The number of aromatic amines is 1. The van der Waals surface area contributed by atoms with Crippen molar-refractivity contribution in [2.24, 2.45) is 5.92 Å². The Labute approximate surface area is 169 Å². The molecule has 1 N–H and O–H groups in total. The Hall–Kier alpha value is -2.11. The molecule has 3 aromatic rings. The van der Waals surface area contributed by atoms with Gasteiger partial charge in [-0.1, -0.05) is 11.6 Å². The Bertz CT molecular complexity index is 950. The number of hydrogen-bond acceptors (Lipinski definition) is 3. The van der Waals surface area contributed by atoms with Crippen LogP contribution in [0.4, 0.5) is 4.39 Å². The van der Waals surface area contributed by atoms with Gasteiger partial charge in [0.25, 0.3) is 0 Å². The van der Waals surface area contributed by atoms with Gasteiger partial charge in [-0.3, -0.25) is 0 Å². The zero-order valence-electron chi connectivity index (χ0n) is 16.0. The minimum absolute atomic E-state index is 0.349. The molecule has 1 aromatic heterocycles. The smallest absolute Gasteiger partial charge is 0.141 e. The van der Waals surface area contributed by atoms with E-state index in [1.54, 1.807) is 24.3 Å². The highest BCUT2D eigenvalue weighted by Crippen LogP contribution is 2.28. The van der Waals surface area contributed by atoms with Crippen LogP contribution in [0.25, 0.3) is 22.4 Å². The summed E-state index contributed by atoms with van der Waals surface area (Å²) in [5.41, 5.74) is 1.97. The molecule has 0 unspecified atom stereocenters. The molecule has 0 amide bonds. The number of H-pyrrole nitrogens is 1. The van der Waals surface area contributed by atoms with E-state index in [0.29, 0.717) is 28.8 Å². The molecule has 148 valence electrons. The Balaban J connectivity index is 1.34. The van der Waals surface area contributed by atoms with Crippen molar-refractivity contribution in [2.45, 2.75) is 25.7 Å². The van der Waals surface area contributed by atoms with Crippen LogP contribution in [0.5, 0.6) is 5.75 Å². The monoisotopic (exact) mass is 401 g/mol. The van der Waals surface area contributed by atoms with Gasteiger partial charge in [0.15, 0.2) is 0 Å². The van der Waals surface area contributed by atoms with Gasteiger partial charge >= 0.3 is 0 Å². The number of ether oxygens (including phenoxy) is 1. The third-order valence-electron chi connectivity index (χ3n) is 5.50. The molecular formula is C22H25ClFN3O. The number of hydrogen-bond donors (Lipinski definition) is 1. The van der Waals surface area contributed by atoms with Gasteiger partial charge in [0.1, 0.15) is 17.4 Å². The number of aromatic nitrogens is 2. The highest BCUT2D eigenvalue weighted by Gasteiger charge is 2.16. The molecule has 1 fully saturated rings. The van der Waals surface area contributed by atoms with Crippen molar-refractivity contribution >= 4 is 22.6 Å². The summed E-state index contributed by atoms with van der Waals surface area (Å²) in [6, 6.07) is 10.3. The lowest BCUT2D eigenvalue weighted by Gasteiger charge is -2.28. The van der Waals surface area contributed by atoms with Gasteiger partial charge in [0.2, 0.25) is 0 Å². The highest BCUT2D eigenvalue weighted by molar-refractivity contribution is 6.31. The van der Waals surface area contributed by atoms with Crippen LogP contribution in [0, 0.1) is 11.7 Å². The zero-order chi connectivity index (χ0) is 19.5. The first-order valence-corrected chi connectivity index (χ1v) is 10.2. The number of likely N-dealkylation sites (tertiary alicyclic amines) is 1. The molecule has 4 nitrogen and oxygen atoms in total. The fourth-order valence-electron chi connectivity index (χ4n) is 3.80. The molecule has 0 bridgehead atoms. The number of benzene rings is 2. The second-order valence-electron chi connectivity index (χ2n) is 7.63. The van der Waals surface area contributed by atoms with E-state index in [-0.39, 0.29) is 5.82 Å². The van der Waals surface area contributed by atoms with Crippen LogP contribution in [-0.2, 0) is 0 Å². The normalized spacial score (nSPS) is 16.0. The average Bonchev–Trinajstić information content (AvgIpc) is 3.09. The second kappa shape index (κ2) is 8.50. The maximum Gasteiger partial charge on any atom is 0.141 e. The molecule has 1 aliphatic rings. The molecule has 1 aliphatic heterocycles. The van der Waals surface area contributed by atoms with Crippen LogP contribution in [0.15, 0.2) is 36.4 Å². The number of piperidine rings is 1. The quantitative estimate of drug-likeness (QED) is 0.552. The first-order valence-electron chi connectivity index (χ1n) is 9.85. The number of halogens is 2. The van der Waals surface area contributed by atoms with E-state index in [0.717, 1.165) is 23.4 Å². The molecule has 0 saturated carbocycles. The topological polar surface area (TPSA) is 41.1 Å². The van der Waals surface area contributed by atoms with Crippen LogP contribution in [0.2, 0.25) is 5.02 Å². The van der Waals surface area contributed by atoms with Gasteiger partial charge in [0.05, 0.1) is 23.2 Å². The van der Waals surface area contributed by atoms with Crippen LogP contribution >= 0.6 is 11.6 Å². The van der Waals surface area contributed by atoms with E-state index >= 15 is 0 Å². The molecule has 2 aromatic carbocycles. The van der Waals surface area contributed by atoms with Crippen molar-refractivity contribution in [3.63, 3.8) is 0 Å². The van der Waals surface area contributed by atoms with Crippen molar-refractivity contribution in [2.75, 3.05) is 26.7 Å². The number of fused-ring (bicyclic) bond motifs is 1. The van der Waals surface area contributed by atoms with Gasteiger partial charge in [-0.15, -0.1) is 0 Å². The lowest BCUT2D eigenvalue weighted by atomic mass is 9.93. The van der Waals surface area contributed by atoms with E-state index in [4.69, 9.17) is 16.3 Å². The molecule has 0 spiro atoms. The summed E-state index contributed by atoms with van der Waals surface area (Å²) in [5.74, 6) is 1.49. The Morgan fingerprint density at radius 3 is 2.82 bits per heavy atom. The minimum Gasteiger partial charge on any atom is -0.493 e. The highest BCUT2D eigenvalue weighted by atomic mass is 35.5. The van der Waals surface area contributed by atoms with Gasteiger partial charge in [-0.25, -0.2) is 9.37 Å². The summed E-state index contributed by atoms with van der Waals surface area (Å²) < 4.78 is 20.4. The van der Waals surface area contributed by atoms with E-state index in [9.17, 15) is 4.39 Å². The summed E-state index contributed by atoms with van der Waals surface area (Å²) >= 11 is 6.00. The first-order chi connectivity index (χ1) is 13.6. The van der Waals surface area contributed by atoms with Crippen molar-refractivity contribution in [3.8, 4) is 17.1 Å². The van der Waals surface area contributed by atoms with Gasteiger partial charge in [-0.2, -0.15) is 0 Å². The second-order valence-corrected chi connectivity index (χ2v) is 8.06.